The van der Waals surface area contributed by atoms with Gasteiger partial charge in [-0.25, -0.2) is 4.79 Å². The molecule has 0 saturated carbocycles. The van der Waals surface area contributed by atoms with Gasteiger partial charge in [0.25, 0.3) is 5.56 Å². The van der Waals surface area contributed by atoms with Crippen molar-refractivity contribution in [1.29, 1.82) is 5.41 Å². The largest absolute Gasteiger partial charge is 0.379 e. The van der Waals surface area contributed by atoms with Gasteiger partial charge in [-0.05, 0) is 13.3 Å². The van der Waals surface area contributed by atoms with Crippen molar-refractivity contribution < 1.29 is 0 Å². The third-order valence-electron chi connectivity index (χ3n) is 1.86. The fraction of sp³-hybridized carbons (Fsp3) is 0.375. The van der Waals surface area contributed by atoms with E-state index < -0.39 is 5.69 Å². The lowest BCUT2D eigenvalue weighted by molar-refractivity contribution is 0.925. The molecule has 0 aliphatic carbocycles. The average molecular weight is 228 g/mol. The maximum atomic E-state index is 11.4. The van der Waals surface area contributed by atoms with Crippen LogP contribution < -0.4 is 17.0 Å². The zero-order chi connectivity index (χ0) is 11.4. The van der Waals surface area contributed by atoms with E-state index in [-0.39, 0.29) is 10.7 Å². The molecule has 0 spiro atoms. The quantitative estimate of drug-likeness (QED) is 0.414. The van der Waals surface area contributed by atoms with Gasteiger partial charge in [-0.1, -0.05) is 11.8 Å². The van der Waals surface area contributed by atoms with Gasteiger partial charge in [-0.2, -0.15) is 0 Å². The molecule has 1 aromatic heterocycles. The van der Waals surface area contributed by atoms with Crippen molar-refractivity contribution in [2.24, 2.45) is 5.73 Å². The molecule has 5 N–H and O–H groups in total. The Hall–Kier alpha value is -1.50. The number of hydrogen-bond acceptors (Lipinski definition) is 4. The van der Waals surface area contributed by atoms with Crippen LogP contribution in [-0.2, 0) is 6.42 Å². The minimum Gasteiger partial charge on any atom is -0.379 e. The third-order valence-corrected chi connectivity index (χ3v) is 2.58. The number of hydrogen-bond donors (Lipinski definition) is 4. The highest BCUT2D eigenvalue weighted by atomic mass is 32.2. The van der Waals surface area contributed by atoms with Gasteiger partial charge in [0.2, 0.25) is 0 Å². The zero-order valence-electron chi connectivity index (χ0n) is 8.22. The Kier molecular flexibility index (Phi) is 3.73. The van der Waals surface area contributed by atoms with Crippen LogP contribution in [-0.4, -0.2) is 20.9 Å². The van der Waals surface area contributed by atoms with Gasteiger partial charge in [0, 0.05) is 17.0 Å². The van der Waals surface area contributed by atoms with E-state index in [9.17, 15) is 9.59 Å². The molecule has 0 atom stereocenters. The van der Waals surface area contributed by atoms with Gasteiger partial charge in [0.1, 0.15) is 0 Å². The molecular formula is C8H12N4O2S. The molecule has 0 aromatic carbocycles. The Morgan fingerprint density at radius 3 is 2.67 bits per heavy atom. The highest BCUT2D eigenvalue weighted by molar-refractivity contribution is 8.13. The molecule has 1 rings (SSSR count). The molecular weight excluding hydrogens is 216 g/mol. The van der Waals surface area contributed by atoms with Crippen molar-refractivity contribution in [3.8, 4) is 0 Å². The Bertz CT molecular complexity index is 476. The van der Waals surface area contributed by atoms with E-state index in [1.807, 2.05) is 0 Å². The number of nitrogens with two attached hydrogens (primary N) is 1. The monoisotopic (exact) mass is 228 g/mol. The topological polar surface area (TPSA) is 116 Å². The Labute approximate surface area is 89.8 Å². The second kappa shape index (κ2) is 4.83. The predicted molar refractivity (Wildman–Crippen MR) is 60.5 cm³/mol. The molecule has 1 aromatic rings. The number of thioether (sulfide) groups is 1. The van der Waals surface area contributed by atoms with Gasteiger partial charge < -0.3 is 10.7 Å². The Morgan fingerprint density at radius 1 is 1.47 bits per heavy atom. The molecule has 0 aliphatic rings. The van der Waals surface area contributed by atoms with Crippen molar-refractivity contribution >= 4 is 16.9 Å². The molecule has 0 amide bonds. The molecule has 82 valence electrons. The maximum Gasteiger partial charge on any atom is 0.325 e. The zero-order valence-corrected chi connectivity index (χ0v) is 9.03. The fourth-order valence-electron chi connectivity index (χ4n) is 1.19. The maximum absolute atomic E-state index is 11.4. The fourth-order valence-corrected chi connectivity index (χ4v) is 1.72. The number of rotatable bonds is 3. The smallest absolute Gasteiger partial charge is 0.325 e. The highest BCUT2D eigenvalue weighted by Crippen LogP contribution is 2.04. The van der Waals surface area contributed by atoms with E-state index in [0.717, 1.165) is 11.8 Å². The first-order chi connectivity index (χ1) is 7.00. The van der Waals surface area contributed by atoms with Crippen LogP contribution in [0, 0.1) is 12.3 Å². The first kappa shape index (κ1) is 11.6. The molecule has 0 saturated heterocycles. The van der Waals surface area contributed by atoms with Crippen LogP contribution in [0.1, 0.15) is 11.3 Å². The molecule has 1 heterocycles. The first-order valence-electron chi connectivity index (χ1n) is 4.29. The number of H-pyrrole nitrogens is 2. The number of amidine groups is 1. The van der Waals surface area contributed by atoms with E-state index in [0.29, 0.717) is 23.4 Å². The minimum atomic E-state index is -0.500. The number of aromatic amines is 2. The van der Waals surface area contributed by atoms with Crippen LogP contribution in [0.5, 0.6) is 0 Å². The van der Waals surface area contributed by atoms with Crippen LogP contribution in [0.2, 0.25) is 0 Å². The van der Waals surface area contributed by atoms with Crippen molar-refractivity contribution in [2.75, 3.05) is 5.75 Å². The standard InChI is InChI=1S/C8H12N4O2S/c1-4-5(2-3-15-7(9)10)6(13)12-8(14)11-4/h2-3H2,1H3,(H3,9,10)(H2,11,12,13,14). The number of aryl methyl sites for hydroxylation is 1. The molecule has 0 aliphatic heterocycles. The molecule has 0 fully saturated rings. The molecule has 0 radical (unpaired) electrons. The van der Waals surface area contributed by atoms with Crippen molar-refractivity contribution in [2.45, 2.75) is 13.3 Å². The minimum absolute atomic E-state index is 0.0218. The SMILES string of the molecule is Cc1[nH]c(=O)[nH]c(=O)c1CCSC(=N)N. The summed E-state index contributed by atoms with van der Waals surface area (Å²) in [6, 6.07) is 0. The summed E-state index contributed by atoms with van der Waals surface area (Å²) in [5, 5.41) is 7.02. The van der Waals surface area contributed by atoms with Crippen LogP contribution in [0.3, 0.4) is 0 Å². The summed E-state index contributed by atoms with van der Waals surface area (Å²) >= 11 is 1.16. The van der Waals surface area contributed by atoms with Crippen LogP contribution in [0.4, 0.5) is 0 Å². The summed E-state index contributed by atoms with van der Waals surface area (Å²) in [6.07, 6.45) is 0.474. The van der Waals surface area contributed by atoms with Crippen molar-refractivity contribution in [1.82, 2.24) is 9.97 Å². The lowest BCUT2D eigenvalue weighted by Crippen LogP contribution is -2.27. The number of nitrogens with one attached hydrogen (secondary N) is 3. The van der Waals surface area contributed by atoms with E-state index in [1.165, 1.54) is 0 Å². The molecule has 15 heavy (non-hydrogen) atoms. The summed E-state index contributed by atoms with van der Waals surface area (Å²) in [6.45, 7) is 1.67. The van der Waals surface area contributed by atoms with Gasteiger partial charge in [-0.3, -0.25) is 15.2 Å². The van der Waals surface area contributed by atoms with Crippen LogP contribution >= 0.6 is 11.8 Å². The lowest BCUT2D eigenvalue weighted by Gasteiger charge is -2.02. The van der Waals surface area contributed by atoms with Crippen molar-refractivity contribution in [3.05, 3.63) is 32.1 Å². The highest BCUT2D eigenvalue weighted by Gasteiger charge is 2.05. The molecule has 7 heteroatoms. The first-order valence-corrected chi connectivity index (χ1v) is 5.28. The average Bonchev–Trinajstić information content (AvgIpc) is 2.08. The van der Waals surface area contributed by atoms with Crippen molar-refractivity contribution in [3.63, 3.8) is 0 Å². The Morgan fingerprint density at radius 2 is 2.13 bits per heavy atom. The lowest BCUT2D eigenvalue weighted by atomic mass is 10.2. The van der Waals surface area contributed by atoms with Gasteiger partial charge in [0.05, 0.1) is 0 Å². The van der Waals surface area contributed by atoms with E-state index in [4.69, 9.17) is 11.1 Å². The van der Waals surface area contributed by atoms with Crippen LogP contribution in [0.15, 0.2) is 9.59 Å². The normalized spacial score (nSPS) is 10.2. The van der Waals surface area contributed by atoms with Crippen LogP contribution in [0.25, 0.3) is 0 Å². The summed E-state index contributed by atoms with van der Waals surface area (Å²) in [5.74, 6) is 0.547. The van der Waals surface area contributed by atoms with Gasteiger partial charge in [0.15, 0.2) is 5.17 Å². The molecule has 6 nitrogen and oxygen atoms in total. The molecule has 0 bridgehead atoms. The van der Waals surface area contributed by atoms with Gasteiger partial charge >= 0.3 is 5.69 Å². The van der Waals surface area contributed by atoms with E-state index >= 15 is 0 Å². The summed E-state index contributed by atoms with van der Waals surface area (Å²) in [7, 11) is 0. The second-order valence-electron chi connectivity index (χ2n) is 2.97. The Balaban J connectivity index is 2.82. The van der Waals surface area contributed by atoms with E-state index in [2.05, 4.69) is 9.97 Å². The summed E-state index contributed by atoms with van der Waals surface area (Å²) in [5.41, 5.74) is 5.38. The summed E-state index contributed by atoms with van der Waals surface area (Å²) in [4.78, 5) is 26.9. The third kappa shape index (κ3) is 3.28. The summed E-state index contributed by atoms with van der Waals surface area (Å²) < 4.78 is 0. The van der Waals surface area contributed by atoms with Gasteiger partial charge in [-0.15, -0.1) is 0 Å². The number of aromatic nitrogens is 2. The second-order valence-corrected chi connectivity index (χ2v) is 4.11. The van der Waals surface area contributed by atoms with E-state index in [1.54, 1.807) is 6.92 Å². The predicted octanol–water partition coefficient (Wildman–Crippen LogP) is -0.459. The molecule has 0 unspecified atom stereocenters.